The number of carbonyl (C=O) groups is 1. The summed E-state index contributed by atoms with van der Waals surface area (Å²) in [5, 5.41) is 8.93. The van der Waals surface area contributed by atoms with Gasteiger partial charge in [-0.25, -0.2) is 9.18 Å². The lowest BCUT2D eigenvalue weighted by molar-refractivity contribution is -0.0588. The smallest absolute Gasteiger partial charge is 0.411 e. The third-order valence-corrected chi connectivity index (χ3v) is 5.11. The summed E-state index contributed by atoms with van der Waals surface area (Å²) in [6, 6.07) is 15.1. The molecule has 3 rings (SSSR count). The third kappa shape index (κ3) is 3.70. The first kappa shape index (κ1) is 18.7. The number of hydrogen-bond acceptors (Lipinski definition) is 3. The number of amides is 1. The Balaban J connectivity index is 1.82. The van der Waals surface area contributed by atoms with E-state index >= 15 is 0 Å². The van der Waals surface area contributed by atoms with Gasteiger partial charge in [0.1, 0.15) is 11.4 Å². The number of benzene rings is 2. The van der Waals surface area contributed by atoms with Gasteiger partial charge in [-0.05, 0) is 42.3 Å². The van der Waals surface area contributed by atoms with Crippen LogP contribution in [0.25, 0.3) is 0 Å². The Kier molecular flexibility index (Phi) is 5.27. The monoisotopic (exact) mass is 364 g/mol. The van der Waals surface area contributed by atoms with Crippen LogP contribution in [0.4, 0.5) is 9.18 Å². The number of rotatable bonds is 5. The molecule has 1 amide bonds. The van der Waals surface area contributed by atoms with Gasteiger partial charge in [0.25, 0.3) is 0 Å². The maximum Gasteiger partial charge on any atom is 0.411 e. The first-order valence-corrected chi connectivity index (χ1v) is 8.86. The van der Waals surface area contributed by atoms with Crippen molar-refractivity contribution in [2.45, 2.75) is 31.4 Å². The van der Waals surface area contributed by atoms with Crippen molar-refractivity contribution in [3.8, 4) is 6.07 Å². The van der Waals surface area contributed by atoms with Gasteiger partial charge in [0, 0.05) is 19.4 Å². The SMILES string of the molecule is C=CC[C@]1(c2ccc(F)cc2)CCN([C@@H](C)c2ccc(C#N)cc2)C(=O)O1. The standard InChI is InChI=1S/C22H21FN2O2/c1-3-12-22(19-8-10-20(23)11-9-19)13-14-25(21(26)27-22)16(2)18-6-4-17(15-24)5-7-18/h3-11,16H,1,12-14H2,2H3/t16-,22+/m0/s1. The van der Waals surface area contributed by atoms with Crippen LogP contribution in [0.15, 0.2) is 61.2 Å². The maximum absolute atomic E-state index is 13.3. The van der Waals surface area contributed by atoms with Crippen LogP contribution in [0, 0.1) is 17.1 Å². The Morgan fingerprint density at radius 1 is 1.30 bits per heavy atom. The Morgan fingerprint density at radius 3 is 2.52 bits per heavy atom. The van der Waals surface area contributed by atoms with Gasteiger partial charge in [-0.3, -0.25) is 0 Å². The lowest BCUT2D eigenvalue weighted by atomic mass is 9.85. The van der Waals surface area contributed by atoms with Gasteiger partial charge >= 0.3 is 6.09 Å². The Labute approximate surface area is 158 Å². The van der Waals surface area contributed by atoms with E-state index in [1.165, 1.54) is 12.1 Å². The van der Waals surface area contributed by atoms with E-state index in [0.717, 1.165) is 11.1 Å². The van der Waals surface area contributed by atoms with E-state index in [1.807, 2.05) is 19.1 Å². The second-order valence-corrected chi connectivity index (χ2v) is 6.72. The highest BCUT2D eigenvalue weighted by Crippen LogP contribution is 2.39. The summed E-state index contributed by atoms with van der Waals surface area (Å²) in [7, 11) is 0. The molecule has 0 spiro atoms. The fourth-order valence-electron chi connectivity index (χ4n) is 3.49. The highest BCUT2D eigenvalue weighted by Gasteiger charge is 2.42. The minimum absolute atomic E-state index is 0.180. The van der Waals surface area contributed by atoms with Crippen molar-refractivity contribution < 1.29 is 13.9 Å². The Hall–Kier alpha value is -3.13. The minimum atomic E-state index is -0.826. The van der Waals surface area contributed by atoms with Crippen LogP contribution in [0.2, 0.25) is 0 Å². The number of carbonyl (C=O) groups excluding carboxylic acids is 1. The van der Waals surface area contributed by atoms with Gasteiger partial charge in [-0.15, -0.1) is 6.58 Å². The first-order chi connectivity index (χ1) is 13.0. The molecule has 5 heteroatoms. The van der Waals surface area contributed by atoms with E-state index in [-0.39, 0.29) is 11.9 Å². The normalized spacial score (nSPS) is 20.5. The van der Waals surface area contributed by atoms with Crippen LogP contribution in [-0.2, 0) is 10.3 Å². The molecule has 27 heavy (non-hydrogen) atoms. The van der Waals surface area contributed by atoms with Crippen LogP contribution < -0.4 is 0 Å². The molecule has 0 N–H and O–H groups in total. The lowest BCUT2D eigenvalue weighted by Gasteiger charge is -2.43. The van der Waals surface area contributed by atoms with Gasteiger partial charge in [0.15, 0.2) is 0 Å². The highest BCUT2D eigenvalue weighted by molar-refractivity contribution is 5.70. The van der Waals surface area contributed by atoms with E-state index in [0.29, 0.717) is 24.9 Å². The summed E-state index contributed by atoms with van der Waals surface area (Å²) >= 11 is 0. The molecule has 138 valence electrons. The molecule has 4 nitrogen and oxygen atoms in total. The fourth-order valence-corrected chi connectivity index (χ4v) is 3.49. The van der Waals surface area contributed by atoms with E-state index < -0.39 is 11.7 Å². The summed E-state index contributed by atoms with van der Waals surface area (Å²) in [6.07, 6.45) is 2.35. The minimum Gasteiger partial charge on any atom is -0.437 e. The van der Waals surface area contributed by atoms with Gasteiger partial charge in [0.05, 0.1) is 17.7 Å². The molecule has 1 saturated heterocycles. The van der Waals surface area contributed by atoms with E-state index in [1.54, 1.807) is 35.2 Å². The summed E-state index contributed by atoms with van der Waals surface area (Å²) in [5.41, 5.74) is 1.45. The number of ether oxygens (including phenoxy) is 1. The molecule has 2 aromatic rings. The van der Waals surface area contributed by atoms with Crippen LogP contribution in [0.5, 0.6) is 0 Å². The van der Waals surface area contributed by atoms with Gasteiger partial charge in [-0.2, -0.15) is 5.26 Å². The van der Waals surface area contributed by atoms with E-state index in [9.17, 15) is 9.18 Å². The summed E-state index contributed by atoms with van der Waals surface area (Å²) in [5.74, 6) is -0.328. The molecule has 0 radical (unpaired) electrons. The van der Waals surface area contributed by atoms with Crippen molar-refractivity contribution in [3.05, 3.63) is 83.7 Å². The molecule has 0 aliphatic carbocycles. The second-order valence-electron chi connectivity index (χ2n) is 6.72. The molecule has 2 atom stereocenters. The fraction of sp³-hybridized carbons (Fsp3) is 0.273. The first-order valence-electron chi connectivity index (χ1n) is 8.86. The zero-order valence-electron chi connectivity index (χ0n) is 15.2. The molecule has 1 aliphatic rings. The predicted molar refractivity (Wildman–Crippen MR) is 100 cm³/mol. The molecule has 0 bridgehead atoms. The Morgan fingerprint density at radius 2 is 1.96 bits per heavy atom. The third-order valence-electron chi connectivity index (χ3n) is 5.11. The van der Waals surface area contributed by atoms with Gasteiger partial charge < -0.3 is 9.64 Å². The number of hydrogen-bond donors (Lipinski definition) is 0. The molecule has 0 aromatic heterocycles. The number of halogens is 1. The Bertz CT molecular complexity index is 871. The van der Waals surface area contributed by atoms with Crippen molar-refractivity contribution in [2.75, 3.05) is 6.54 Å². The topological polar surface area (TPSA) is 53.3 Å². The lowest BCUT2D eigenvalue weighted by Crippen LogP contribution is -2.48. The zero-order valence-corrected chi connectivity index (χ0v) is 15.2. The number of nitrogens with zero attached hydrogens (tertiary/aromatic N) is 2. The van der Waals surface area contributed by atoms with Gasteiger partial charge in [0.2, 0.25) is 0 Å². The van der Waals surface area contributed by atoms with Crippen molar-refractivity contribution in [3.63, 3.8) is 0 Å². The van der Waals surface area contributed by atoms with Crippen LogP contribution in [-0.4, -0.2) is 17.5 Å². The van der Waals surface area contributed by atoms with Crippen molar-refractivity contribution in [1.82, 2.24) is 4.90 Å². The zero-order chi connectivity index (χ0) is 19.4. The summed E-state index contributed by atoms with van der Waals surface area (Å²) < 4.78 is 19.2. The average Bonchev–Trinajstić information content (AvgIpc) is 2.68. The van der Waals surface area contributed by atoms with E-state index in [4.69, 9.17) is 10.00 Å². The predicted octanol–water partition coefficient (Wildman–Crippen LogP) is 5.07. The van der Waals surface area contributed by atoms with Crippen LogP contribution in [0.3, 0.4) is 0 Å². The molecular formula is C22H21FN2O2. The largest absolute Gasteiger partial charge is 0.437 e. The number of cyclic esters (lactones) is 1. The molecule has 1 fully saturated rings. The molecule has 0 unspecified atom stereocenters. The second kappa shape index (κ2) is 7.63. The maximum atomic E-state index is 13.3. The van der Waals surface area contributed by atoms with Crippen molar-refractivity contribution >= 4 is 6.09 Å². The summed E-state index contributed by atoms with van der Waals surface area (Å²) in [4.78, 5) is 14.5. The molecular weight excluding hydrogens is 343 g/mol. The average molecular weight is 364 g/mol. The van der Waals surface area contributed by atoms with Crippen LogP contribution in [0.1, 0.15) is 42.5 Å². The summed E-state index contributed by atoms with van der Waals surface area (Å²) in [6.45, 7) is 6.22. The molecule has 1 heterocycles. The molecule has 2 aromatic carbocycles. The van der Waals surface area contributed by atoms with Gasteiger partial charge in [-0.1, -0.05) is 30.3 Å². The van der Waals surface area contributed by atoms with Crippen LogP contribution >= 0.6 is 0 Å². The van der Waals surface area contributed by atoms with Crippen molar-refractivity contribution in [2.24, 2.45) is 0 Å². The van der Waals surface area contributed by atoms with E-state index in [2.05, 4.69) is 12.6 Å². The quantitative estimate of drug-likeness (QED) is 0.696. The number of nitriles is 1. The highest BCUT2D eigenvalue weighted by atomic mass is 19.1. The molecule has 1 aliphatic heterocycles. The van der Waals surface area contributed by atoms with Crippen molar-refractivity contribution in [1.29, 1.82) is 5.26 Å². The molecule has 0 saturated carbocycles.